The Morgan fingerprint density at radius 2 is 1.77 bits per heavy atom. The molecular formula is C24H21ClN2O2S. The van der Waals surface area contributed by atoms with Gasteiger partial charge in [-0.05, 0) is 35.9 Å². The summed E-state index contributed by atoms with van der Waals surface area (Å²) < 4.78 is 7.51. The number of anilines is 1. The summed E-state index contributed by atoms with van der Waals surface area (Å²) in [6.07, 6.45) is 2.11. The number of halogens is 1. The minimum absolute atomic E-state index is 0.0703. The number of hydrogen-bond donors (Lipinski definition) is 1. The van der Waals surface area contributed by atoms with Crippen molar-refractivity contribution in [1.82, 2.24) is 4.57 Å². The van der Waals surface area contributed by atoms with Crippen LogP contribution in [0.25, 0.3) is 10.9 Å². The van der Waals surface area contributed by atoms with Crippen LogP contribution in [0.1, 0.15) is 5.56 Å². The molecule has 6 heteroatoms. The molecule has 0 radical (unpaired) electrons. The van der Waals surface area contributed by atoms with Gasteiger partial charge < -0.3 is 14.6 Å². The summed E-state index contributed by atoms with van der Waals surface area (Å²) in [6.45, 7) is 0.742. The number of thioether (sulfide) groups is 1. The largest absolute Gasteiger partial charge is 0.495 e. The standard InChI is InChI=1S/C24H21ClN2O2S/c1-29-22-9-5-3-7-20(22)26-24(28)16-30-23-15-27(21-8-4-2-6-19(21)23)14-17-10-12-18(25)13-11-17/h2-13,15H,14,16H2,1H3,(H,26,28). The minimum Gasteiger partial charge on any atom is -0.495 e. The molecule has 0 aliphatic rings. The first-order valence-electron chi connectivity index (χ1n) is 9.52. The summed E-state index contributed by atoms with van der Waals surface area (Å²) in [5, 5.41) is 4.80. The fourth-order valence-electron chi connectivity index (χ4n) is 3.32. The van der Waals surface area contributed by atoms with E-state index in [1.54, 1.807) is 7.11 Å². The summed E-state index contributed by atoms with van der Waals surface area (Å²) >= 11 is 7.54. The van der Waals surface area contributed by atoms with Crippen molar-refractivity contribution in [2.75, 3.05) is 18.2 Å². The summed E-state index contributed by atoms with van der Waals surface area (Å²) in [4.78, 5) is 13.6. The molecule has 4 aromatic rings. The smallest absolute Gasteiger partial charge is 0.234 e. The molecule has 1 amide bonds. The molecule has 0 unspecified atom stereocenters. The van der Waals surface area contributed by atoms with Crippen LogP contribution in [0.3, 0.4) is 0 Å². The number of hydrogen-bond acceptors (Lipinski definition) is 3. The Labute approximate surface area is 184 Å². The van der Waals surface area contributed by atoms with E-state index in [-0.39, 0.29) is 5.91 Å². The topological polar surface area (TPSA) is 43.3 Å². The summed E-state index contributed by atoms with van der Waals surface area (Å²) in [7, 11) is 1.59. The molecule has 0 saturated carbocycles. The van der Waals surface area contributed by atoms with Crippen LogP contribution in [0.15, 0.2) is 83.9 Å². The molecule has 1 N–H and O–H groups in total. The first-order valence-corrected chi connectivity index (χ1v) is 10.9. The molecule has 4 nitrogen and oxygen atoms in total. The molecule has 4 rings (SSSR count). The van der Waals surface area contributed by atoms with Crippen LogP contribution in [-0.2, 0) is 11.3 Å². The van der Waals surface area contributed by atoms with Crippen molar-refractivity contribution >= 4 is 45.9 Å². The predicted octanol–water partition coefficient (Wildman–Crippen LogP) is 6.08. The number of benzene rings is 3. The van der Waals surface area contributed by atoms with Crippen molar-refractivity contribution in [3.63, 3.8) is 0 Å². The van der Waals surface area contributed by atoms with Gasteiger partial charge in [0.25, 0.3) is 0 Å². The van der Waals surface area contributed by atoms with E-state index in [1.807, 2.05) is 60.7 Å². The molecule has 0 aliphatic heterocycles. The van der Waals surface area contributed by atoms with Gasteiger partial charge in [-0.2, -0.15) is 0 Å². The highest BCUT2D eigenvalue weighted by Gasteiger charge is 2.12. The minimum atomic E-state index is -0.0703. The Morgan fingerprint density at radius 3 is 2.57 bits per heavy atom. The lowest BCUT2D eigenvalue weighted by molar-refractivity contribution is -0.113. The highest BCUT2D eigenvalue weighted by atomic mass is 35.5. The molecule has 0 fully saturated rings. The van der Waals surface area contributed by atoms with Crippen LogP contribution < -0.4 is 10.1 Å². The zero-order valence-corrected chi connectivity index (χ0v) is 18.0. The third-order valence-corrected chi connectivity index (χ3v) is 6.05. The monoisotopic (exact) mass is 436 g/mol. The SMILES string of the molecule is COc1ccccc1NC(=O)CSc1cn(Cc2ccc(Cl)cc2)c2ccccc12. The molecule has 0 spiro atoms. The number of amides is 1. The maximum absolute atomic E-state index is 12.5. The number of para-hydroxylation sites is 3. The fraction of sp³-hybridized carbons (Fsp3) is 0.125. The molecule has 3 aromatic carbocycles. The van der Waals surface area contributed by atoms with Crippen molar-refractivity contribution < 1.29 is 9.53 Å². The highest BCUT2D eigenvalue weighted by Crippen LogP contribution is 2.31. The second-order valence-corrected chi connectivity index (χ2v) is 8.26. The number of fused-ring (bicyclic) bond motifs is 1. The Bertz CT molecular complexity index is 1170. The molecule has 0 saturated heterocycles. The number of rotatable bonds is 7. The van der Waals surface area contributed by atoms with Crippen molar-refractivity contribution in [1.29, 1.82) is 0 Å². The number of nitrogens with one attached hydrogen (secondary N) is 1. The van der Waals surface area contributed by atoms with Crippen molar-refractivity contribution in [3.05, 3.63) is 89.6 Å². The summed E-state index contributed by atoms with van der Waals surface area (Å²) in [5.41, 5.74) is 2.99. The number of nitrogens with zero attached hydrogens (tertiary/aromatic N) is 1. The van der Waals surface area contributed by atoms with E-state index in [2.05, 4.69) is 28.2 Å². The molecule has 1 heterocycles. The summed E-state index contributed by atoms with van der Waals surface area (Å²) in [6, 6.07) is 23.5. The number of aromatic nitrogens is 1. The van der Waals surface area contributed by atoms with Crippen LogP contribution in [-0.4, -0.2) is 23.3 Å². The fourth-order valence-corrected chi connectivity index (χ4v) is 4.34. The van der Waals surface area contributed by atoms with E-state index in [1.165, 1.54) is 17.3 Å². The second-order valence-electron chi connectivity index (χ2n) is 6.80. The molecule has 0 bridgehead atoms. The Morgan fingerprint density at radius 1 is 1.03 bits per heavy atom. The van der Waals surface area contributed by atoms with Gasteiger partial charge in [-0.15, -0.1) is 11.8 Å². The Kier molecular flexibility index (Phi) is 6.31. The van der Waals surface area contributed by atoms with E-state index in [9.17, 15) is 4.79 Å². The lowest BCUT2D eigenvalue weighted by Crippen LogP contribution is -2.14. The van der Waals surface area contributed by atoms with Crippen LogP contribution in [0.2, 0.25) is 5.02 Å². The predicted molar refractivity (Wildman–Crippen MR) is 125 cm³/mol. The zero-order valence-electron chi connectivity index (χ0n) is 16.5. The van der Waals surface area contributed by atoms with Gasteiger partial charge in [-0.3, -0.25) is 4.79 Å². The van der Waals surface area contributed by atoms with Crippen molar-refractivity contribution in [2.24, 2.45) is 0 Å². The van der Waals surface area contributed by atoms with Gasteiger partial charge in [-0.1, -0.05) is 54.1 Å². The van der Waals surface area contributed by atoms with E-state index in [4.69, 9.17) is 16.3 Å². The molecule has 0 atom stereocenters. The average Bonchev–Trinajstić information content (AvgIpc) is 3.12. The van der Waals surface area contributed by atoms with Crippen LogP contribution in [0.4, 0.5) is 5.69 Å². The van der Waals surface area contributed by atoms with Gasteiger partial charge in [-0.25, -0.2) is 0 Å². The zero-order chi connectivity index (χ0) is 20.9. The van der Waals surface area contributed by atoms with Crippen LogP contribution >= 0.6 is 23.4 Å². The van der Waals surface area contributed by atoms with Gasteiger partial charge in [0.15, 0.2) is 0 Å². The van der Waals surface area contributed by atoms with E-state index < -0.39 is 0 Å². The third kappa shape index (κ3) is 4.64. The first kappa shape index (κ1) is 20.4. The van der Waals surface area contributed by atoms with E-state index in [0.29, 0.717) is 17.2 Å². The lowest BCUT2D eigenvalue weighted by atomic mass is 10.2. The molecule has 1 aromatic heterocycles. The van der Waals surface area contributed by atoms with Crippen LogP contribution in [0, 0.1) is 0 Å². The maximum atomic E-state index is 12.5. The average molecular weight is 437 g/mol. The number of carbonyl (C=O) groups excluding carboxylic acids is 1. The third-order valence-electron chi connectivity index (χ3n) is 4.76. The van der Waals surface area contributed by atoms with Gasteiger partial charge in [0, 0.05) is 33.6 Å². The molecule has 30 heavy (non-hydrogen) atoms. The summed E-state index contributed by atoms with van der Waals surface area (Å²) in [5.74, 6) is 0.891. The highest BCUT2D eigenvalue weighted by molar-refractivity contribution is 8.00. The van der Waals surface area contributed by atoms with Crippen LogP contribution in [0.5, 0.6) is 5.75 Å². The lowest BCUT2D eigenvalue weighted by Gasteiger charge is -2.09. The maximum Gasteiger partial charge on any atom is 0.234 e. The van der Waals surface area contributed by atoms with Gasteiger partial charge in [0.1, 0.15) is 5.75 Å². The van der Waals surface area contributed by atoms with E-state index >= 15 is 0 Å². The Hall–Kier alpha value is -2.89. The van der Waals surface area contributed by atoms with Crippen molar-refractivity contribution in [3.8, 4) is 5.75 Å². The van der Waals surface area contributed by atoms with Crippen molar-refractivity contribution in [2.45, 2.75) is 11.4 Å². The van der Waals surface area contributed by atoms with E-state index in [0.717, 1.165) is 27.4 Å². The number of ether oxygens (including phenoxy) is 1. The van der Waals surface area contributed by atoms with Gasteiger partial charge in [0.05, 0.1) is 18.6 Å². The van der Waals surface area contributed by atoms with Gasteiger partial charge >= 0.3 is 0 Å². The first-order chi connectivity index (χ1) is 14.6. The molecule has 0 aliphatic carbocycles. The quantitative estimate of drug-likeness (QED) is 0.357. The number of methoxy groups -OCH3 is 1. The van der Waals surface area contributed by atoms with Gasteiger partial charge in [0.2, 0.25) is 5.91 Å². The Balaban J connectivity index is 1.50. The second kappa shape index (κ2) is 9.28. The normalized spacial score (nSPS) is 10.9. The number of carbonyl (C=O) groups is 1. The molecule has 152 valence electrons. The molecular weight excluding hydrogens is 416 g/mol.